The molecule has 0 aliphatic rings. The van der Waals surface area contributed by atoms with Crippen LogP contribution in [0.5, 0.6) is 0 Å². The molecule has 2 atom stereocenters. The molecule has 0 bridgehead atoms. The first-order valence-electron chi connectivity index (χ1n) is 1.67. The Bertz CT molecular complexity index is 91.9. The van der Waals surface area contributed by atoms with Gasteiger partial charge >= 0.3 is 27.3 Å². The Morgan fingerprint density at radius 1 is 1.20 bits per heavy atom. The van der Waals surface area contributed by atoms with Crippen LogP contribution < -0.4 is 9.79 Å². The first-order valence-corrected chi connectivity index (χ1v) is 4.12. The molecule has 0 aromatic rings. The summed E-state index contributed by atoms with van der Waals surface area (Å²) in [6.07, 6.45) is 0. The molecule has 0 spiro atoms. The molecule has 1 N–H and O–H groups in total. The minimum absolute atomic E-state index is 0. The van der Waals surface area contributed by atoms with Gasteiger partial charge in [0.1, 0.15) is 16.5 Å². The second kappa shape index (κ2) is 12.9. The zero-order valence-corrected chi connectivity index (χ0v) is 11.2. The molecule has 0 radical (unpaired) electrons. The largest absolute Gasteiger partial charge is 2.00 e. The van der Waals surface area contributed by atoms with Crippen molar-refractivity contribution in [1.29, 1.82) is 0 Å². The molecule has 0 saturated carbocycles. The molecular weight excluding hydrogens is 282 g/mol. The van der Waals surface area contributed by atoms with Crippen LogP contribution in [-0.2, 0) is 40.7 Å². The predicted octanol–water partition coefficient (Wildman–Crippen LogP) is -1.89. The predicted molar refractivity (Wildman–Crippen MR) is 27.2 cm³/mol. The summed E-state index contributed by atoms with van der Waals surface area (Å²) in [4.78, 5) is 18.6. The Labute approximate surface area is 79.3 Å². The van der Waals surface area contributed by atoms with Gasteiger partial charge in [-0.05, 0) is 0 Å². The van der Waals surface area contributed by atoms with Crippen molar-refractivity contribution < 1.29 is 55.6 Å². The van der Waals surface area contributed by atoms with E-state index in [9.17, 15) is 18.9 Å². The van der Waals surface area contributed by atoms with Gasteiger partial charge in [0.15, 0.2) is 0 Å². The Balaban J connectivity index is -0.000000149. The molecule has 58 valence electrons. The molecule has 10 heavy (non-hydrogen) atoms. The normalized spacial score (nSPS) is 13.6. The Kier molecular flexibility index (Phi) is 22.3. The van der Waals surface area contributed by atoms with Gasteiger partial charge in [0, 0.05) is 7.11 Å². The summed E-state index contributed by atoms with van der Waals surface area (Å²) in [5, 5.41) is 7.00. The number of hydrogen-bond donors (Lipinski definition) is 1. The summed E-state index contributed by atoms with van der Waals surface area (Å²) in [6, 6.07) is 0. The van der Waals surface area contributed by atoms with Gasteiger partial charge in [-0.15, -0.1) is 0 Å². The number of rotatable bonds is 2. The van der Waals surface area contributed by atoms with Crippen molar-refractivity contribution in [2.45, 2.75) is 0 Å². The molecule has 0 rings (SSSR count). The van der Waals surface area contributed by atoms with Crippen molar-refractivity contribution in [2.24, 2.45) is 0 Å². The second-order valence-electron chi connectivity index (χ2n) is 0.602. The van der Waals surface area contributed by atoms with Crippen LogP contribution in [0, 0.1) is 0 Å². The second-order valence-corrected chi connectivity index (χ2v) is 2.42. The minimum Gasteiger partial charge on any atom is -0.781 e. The minimum atomic E-state index is -3.51. The third-order valence-electron chi connectivity index (χ3n) is 0.167. The van der Waals surface area contributed by atoms with Gasteiger partial charge in [-0.3, -0.25) is 4.31 Å². The monoisotopic (exact) mass is 290 g/mol. The molecule has 0 saturated heterocycles. The SMILES string of the molecule is CO.O=[PH]([O-])O[PH](=O)[O-].[Cd+2]. The quantitative estimate of drug-likeness (QED) is 0.470. The summed E-state index contributed by atoms with van der Waals surface area (Å²) in [5.41, 5.74) is 0. The molecule has 0 aromatic heterocycles. The molecular formula is CH6CdO6P2. The van der Waals surface area contributed by atoms with E-state index in [1.807, 2.05) is 0 Å². The Morgan fingerprint density at radius 3 is 1.40 bits per heavy atom. The van der Waals surface area contributed by atoms with Crippen LogP contribution in [0.2, 0.25) is 0 Å². The topological polar surface area (TPSA) is 110 Å². The van der Waals surface area contributed by atoms with Crippen molar-refractivity contribution in [2.75, 3.05) is 7.11 Å². The van der Waals surface area contributed by atoms with Crippen LogP contribution in [0.3, 0.4) is 0 Å². The molecule has 9 heteroatoms. The van der Waals surface area contributed by atoms with Crippen LogP contribution in [0.1, 0.15) is 0 Å². The van der Waals surface area contributed by atoms with E-state index in [0.717, 1.165) is 7.11 Å². The number of hydrogen-bond acceptors (Lipinski definition) is 6. The molecule has 0 amide bonds. The third-order valence-corrected chi connectivity index (χ3v) is 1.50. The van der Waals surface area contributed by atoms with Crippen molar-refractivity contribution in [1.82, 2.24) is 0 Å². The summed E-state index contributed by atoms with van der Waals surface area (Å²) in [5.74, 6) is 0. The first kappa shape index (κ1) is 17.3. The van der Waals surface area contributed by atoms with E-state index in [1.165, 1.54) is 0 Å². The summed E-state index contributed by atoms with van der Waals surface area (Å²) in [6.45, 7) is 0. The summed E-state index contributed by atoms with van der Waals surface area (Å²) >= 11 is 0. The molecule has 0 aliphatic carbocycles. The number of aliphatic hydroxyl groups excluding tert-OH is 1. The van der Waals surface area contributed by atoms with Crippen LogP contribution in [0.25, 0.3) is 0 Å². The van der Waals surface area contributed by atoms with Crippen LogP contribution >= 0.6 is 16.5 Å². The smallest absolute Gasteiger partial charge is 0.781 e. The van der Waals surface area contributed by atoms with E-state index < -0.39 is 16.5 Å². The van der Waals surface area contributed by atoms with Gasteiger partial charge in [0.05, 0.1) is 0 Å². The fraction of sp³-hybridized carbons (Fsp3) is 1.00. The Hall–Kier alpha value is 1.22. The average molecular weight is 288 g/mol. The summed E-state index contributed by atoms with van der Waals surface area (Å²) < 4.78 is 21.8. The van der Waals surface area contributed by atoms with Crippen LogP contribution in [0.15, 0.2) is 0 Å². The van der Waals surface area contributed by atoms with Crippen molar-refractivity contribution in [3.05, 3.63) is 0 Å². The van der Waals surface area contributed by atoms with E-state index in [-0.39, 0.29) is 27.3 Å². The van der Waals surface area contributed by atoms with Crippen LogP contribution in [-0.4, -0.2) is 12.2 Å². The fourth-order valence-electron chi connectivity index (χ4n) is 0.0680. The van der Waals surface area contributed by atoms with Crippen molar-refractivity contribution in [3.63, 3.8) is 0 Å². The molecule has 0 fully saturated rings. The van der Waals surface area contributed by atoms with Crippen molar-refractivity contribution in [3.8, 4) is 0 Å². The molecule has 0 heterocycles. The molecule has 6 nitrogen and oxygen atoms in total. The molecule has 0 aromatic carbocycles. The first-order chi connectivity index (χ1) is 4.13. The van der Waals surface area contributed by atoms with Gasteiger partial charge in [0.25, 0.3) is 0 Å². The Morgan fingerprint density at radius 2 is 1.40 bits per heavy atom. The van der Waals surface area contributed by atoms with Gasteiger partial charge in [-0.2, -0.15) is 0 Å². The molecule has 2 unspecified atom stereocenters. The van der Waals surface area contributed by atoms with Gasteiger partial charge in [0.2, 0.25) is 0 Å². The van der Waals surface area contributed by atoms with Gasteiger partial charge in [-0.25, -0.2) is 0 Å². The fourth-order valence-corrected chi connectivity index (χ4v) is 0.612. The third kappa shape index (κ3) is 22.9. The van der Waals surface area contributed by atoms with E-state index in [1.54, 1.807) is 0 Å². The van der Waals surface area contributed by atoms with Gasteiger partial charge < -0.3 is 24.0 Å². The zero-order chi connectivity index (χ0) is 7.86. The van der Waals surface area contributed by atoms with E-state index >= 15 is 0 Å². The zero-order valence-electron chi connectivity index (χ0n) is 5.20. The van der Waals surface area contributed by atoms with E-state index in [0.29, 0.717) is 0 Å². The molecule has 0 aliphatic heterocycles. The van der Waals surface area contributed by atoms with Crippen LogP contribution in [0.4, 0.5) is 0 Å². The standard InChI is InChI=1S/CH4O.Cd.H4O5P2/c1-2;;1-6(2)5-7(3)4/h2H,1H3;;6-7H,(H,1,2)(H,3,4)/q;+2;/p-2. The maximum atomic E-state index is 9.29. The summed E-state index contributed by atoms with van der Waals surface area (Å²) in [7, 11) is -6.03. The number of aliphatic hydroxyl groups is 1. The maximum absolute atomic E-state index is 9.29. The average Bonchev–Trinajstić information content (AvgIpc) is 1.68. The maximum Gasteiger partial charge on any atom is 2.00 e. The van der Waals surface area contributed by atoms with Gasteiger partial charge in [-0.1, -0.05) is 0 Å². The van der Waals surface area contributed by atoms with E-state index in [4.69, 9.17) is 5.11 Å². The van der Waals surface area contributed by atoms with Crippen molar-refractivity contribution >= 4 is 16.5 Å². The van der Waals surface area contributed by atoms with E-state index in [2.05, 4.69) is 4.31 Å².